The van der Waals surface area contributed by atoms with E-state index in [-0.39, 0.29) is 0 Å². The number of aromatic nitrogens is 4. The van der Waals surface area contributed by atoms with Gasteiger partial charge in [0, 0.05) is 38.4 Å². The zero-order valence-electron chi connectivity index (χ0n) is 29.9. The van der Waals surface area contributed by atoms with E-state index in [0.29, 0.717) is 34.5 Å². The maximum atomic E-state index is 6.66. The number of para-hydroxylation sites is 1. The molecule has 0 atom stereocenters. The van der Waals surface area contributed by atoms with Crippen molar-refractivity contribution in [3.63, 3.8) is 0 Å². The summed E-state index contributed by atoms with van der Waals surface area (Å²) in [5.41, 5.74) is 11.0. The summed E-state index contributed by atoms with van der Waals surface area (Å²) in [7, 11) is 0. The molecule has 0 N–H and O–H groups in total. The van der Waals surface area contributed by atoms with Crippen molar-refractivity contribution in [2.45, 2.75) is 0 Å². The molecule has 0 bridgehead atoms. The van der Waals surface area contributed by atoms with E-state index in [2.05, 4.69) is 78.9 Å². The highest BCUT2D eigenvalue weighted by Crippen LogP contribution is 2.42. The molecule has 0 unspecified atom stereocenters. The molecule has 0 saturated carbocycles. The minimum atomic E-state index is 0.534. The van der Waals surface area contributed by atoms with Crippen LogP contribution in [0.3, 0.4) is 0 Å². The molecule has 6 nitrogen and oxygen atoms in total. The van der Waals surface area contributed by atoms with Gasteiger partial charge in [0.05, 0.1) is 0 Å². The van der Waals surface area contributed by atoms with E-state index in [1.54, 1.807) is 0 Å². The number of hydrogen-bond acceptors (Lipinski definition) is 6. The van der Waals surface area contributed by atoms with Gasteiger partial charge >= 0.3 is 0 Å². The van der Waals surface area contributed by atoms with Gasteiger partial charge in [0.25, 0.3) is 0 Å². The Labute approximate surface area is 321 Å². The zero-order valence-corrected chi connectivity index (χ0v) is 29.9. The highest BCUT2D eigenvalue weighted by atomic mass is 16.3. The van der Waals surface area contributed by atoms with E-state index in [0.717, 1.165) is 77.2 Å². The summed E-state index contributed by atoms with van der Waals surface area (Å²) in [5.74, 6) is 2.21. The van der Waals surface area contributed by atoms with Gasteiger partial charge in [0.2, 0.25) is 5.89 Å². The van der Waals surface area contributed by atoms with E-state index in [9.17, 15) is 0 Å². The van der Waals surface area contributed by atoms with Gasteiger partial charge in [-0.25, -0.2) is 19.9 Å². The van der Waals surface area contributed by atoms with Crippen molar-refractivity contribution in [3.05, 3.63) is 182 Å². The summed E-state index contributed by atoms with van der Waals surface area (Å²) in [6.07, 6.45) is 0. The lowest BCUT2D eigenvalue weighted by atomic mass is 9.92. The van der Waals surface area contributed by atoms with Crippen LogP contribution in [0.4, 0.5) is 0 Å². The van der Waals surface area contributed by atoms with Crippen molar-refractivity contribution >= 4 is 43.8 Å². The first-order valence-electron chi connectivity index (χ1n) is 18.6. The summed E-state index contributed by atoms with van der Waals surface area (Å²) in [5, 5.41) is 3.83. The molecule has 56 heavy (non-hydrogen) atoms. The third kappa shape index (κ3) is 5.35. The lowest BCUT2D eigenvalue weighted by molar-refractivity contribution is 0.623. The molecule has 8 aromatic carbocycles. The summed E-state index contributed by atoms with van der Waals surface area (Å²) in [6, 6.07) is 61.7. The van der Waals surface area contributed by atoms with Crippen LogP contribution < -0.4 is 0 Å². The number of rotatable bonds is 6. The highest BCUT2D eigenvalue weighted by Gasteiger charge is 2.22. The summed E-state index contributed by atoms with van der Waals surface area (Å²) in [4.78, 5) is 20.6. The molecular formula is C50H30N4O2. The van der Waals surface area contributed by atoms with Crippen LogP contribution in [0, 0.1) is 0 Å². The fourth-order valence-corrected chi connectivity index (χ4v) is 7.76. The second kappa shape index (κ2) is 13.0. The molecule has 0 fully saturated rings. The van der Waals surface area contributed by atoms with Crippen molar-refractivity contribution < 1.29 is 8.83 Å². The average Bonchev–Trinajstić information content (AvgIpc) is 3.89. The van der Waals surface area contributed by atoms with Gasteiger partial charge in [-0.2, -0.15) is 0 Å². The molecule has 0 aliphatic carbocycles. The first-order chi connectivity index (χ1) is 27.7. The third-order valence-corrected chi connectivity index (χ3v) is 10.4. The summed E-state index contributed by atoms with van der Waals surface area (Å²) in [6.45, 7) is 0. The quantitative estimate of drug-likeness (QED) is 0.170. The smallest absolute Gasteiger partial charge is 0.227 e. The van der Waals surface area contributed by atoms with Crippen molar-refractivity contribution in [2.24, 2.45) is 0 Å². The van der Waals surface area contributed by atoms with Crippen LogP contribution in [0.15, 0.2) is 191 Å². The van der Waals surface area contributed by atoms with Crippen molar-refractivity contribution in [1.82, 2.24) is 19.9 Å². The van der Waals surface area contributed by atoms with Crippen LogP contribution in [-0.4, -0.2) is 19.9 Å². The summed E-state index contributed by atoms with van der Waals surface area (Å²) < 4.78 is 12.9. The molecule has 11 aromatic rings. The van der Waals surface area contributed by atoms with Crippen LogP contribution in [0.1, 0.15) is 0 Å². The Morgan fingerprint density at radius 1 is 0.321 bits per heavy atom. The van der Waals surface area contributed by atoms with Crippen molar-refractivity contribution in [3.8, 4) is 67.9 Å². The predicted molar refractivity (Wildman–Crippen MR) is 225 cm³/mol. The molecular weight excluding hydrogens is 689 g/mol. The first-order valence-corrected chi connectivity index (χ1v) is 18.6. The number of benzene rings is 8. The van der Waals surface area contributed by atoms with Gasteiger partial charge in [-0.15, -0.1) is 0 Å². The van der Waals surface area contributed by atoms with Crippen LogP contribution in [-0.2, 0) is 0 Å². The Balaban J connectivity index is 1.19. The van der Waals surface area contributed by atoms with Gasteiger partial charge in [0.1, 0.15) is 16.7 Å². The van der Waals surface area contributed by atoms with Crippen LogP contribution in [0.25, 0.3) is 112 Å². The largest absolute Gasteiger partial charge is 0.456 e. The molecule has 0 saturated heterocycles. The number of furan rings is 1. The van der Waals surface area contributed by atoms with E-state index in [1.165, 1.54) is 0 Å². The normalized spacial score (nSPS) is 11.6. The Morgan fingerprint density at radius 3 is 1.68 bits per heavy atom. The molecule has 0 amide bonds. The molecule has 3 aromatic heterocycles. The molecule has 0 spiro atoms. The van der Waals surface area contributed by atoms with Crippen LogP contribution in [0.2, 0.25) is 0 Å². The SMILES string of the molecule is c1ccc(-c2nc(-c3cc4nc(-c5ccccc5)oc4c4cc(-c5ccccc5-c5ccccc5)ccc34)nc(-c3cccc4oc5ccccc5c34)n2)cc1. The maximum Gasteiger partial charge on any atom is 0.227 e. The fraction of sp³-hybridized carbons (Fsp3) is 0. The molecule has 11 rings (SSSR count). The molecule has 0 aliphatic heterocycles. The van der Waals surface area contributed by atoms with Crippen molar-refractivity contribution in [2.75, 3.05) is 0 Å². The molecule has 262 valence electrons. The number of hydrogen-bond donors (Lipinski definition) is 0. The lowest BCUT2D eigenvalue weighted by Crippen LogP contribution is -2.01. The average molecular weight is 719 g/mol. The molecule has 6 heteroatoms. The summed E-state index contributed by atoms with van der Waals surface area (Å²) >= 11 is 0. The van der Waals surface area contributed by atoms with E-state index in [1.807, 2.05) is 103 Å². The first kappa shape index (κ1) is 31.8. The van der Waals surface area contributed by atoms with Gasteiger partial charge < -0.3 is 8.83 Å². The number of oxazole rings is 1. The van der Waals surface area contributed by atoms with Gasteiger partial charge in [0.15, 0.2) is 23.1 Å². The fourth-order valence-electron chi connectivity index (χ4n) is 7.76. The predicted octanol–water partition coefficient (Wildman–Crippen LogP) is 13.1. The second-order valence-corrected chi connectivity index (χ2v) is 13.8. The molecule has 0 aliphatic rings. The Bertz CT molecular complexity index is 3240. The van der Waals surface area contributed by atoms with E-state index in [4.69, 9.17) is 28.8 Å². The Kier molecular flexibility index (Phi) is 7.38. The minimum absolute atomic E-state index is 0.534. The van der Waals surface area contributed by atoms with E-state index < -0.39 is 0 Å². The van der Waals surface area contributed by atoms with Crippen LogP contribution in [0.5, 0.6) is 0 Å². The number of fused-ring (bicyclic) bond motifs is 6. The Morgan fingerprint density at radius 2 is 0.911 bits per heavy atom. The highest BCUT2D eigenvalue weighted by molar-refractivity contribution is 6.13. The molecule has 3 heterocycles. The second-order valence-electron chi connectivity index (χ2n) is 13.8. The number of nitrogens with zero attached hydrogens (tertiary/aromatic N) is 4. The lowest BCUT2D eigenvalue weighted by Gasteiger charge is -2.13. The van der Waals surface area contributed by atoms with Gasteiger partial charge in [-0.3, -0.25) is 0 Å². The Hall–Kier alpha value is -7.70. The van der Waals surface area contributed by atoms with Gasteiger partial charge in [-0.1, -0.05) is 146 Å². The van der Waals surface area contributed by atoms with Crippen molar-refractivity contribution in [1.29, 1.82) is 0 Å². The third-order valence-electron chi connectivity index (χ3n) is 10.4. The van der Waals surface area contributed by atoms with E-state index >= 15 is 0 Å². The zero-order chi connectivity index (χ0) is 37.0. The standard InChI is InChI=1S/C50H30N4O2/c1-4-15-31(16-5-1)35-21-10-11-22-36(35)34-27-28-37-40(29-34)46-42(51-50(56-46)33-19-8-3-9-20-33)30-41(37)49-53-47(32-17-6-2-7-18-32)52-48(54-49)39-24-14-26-44-45(39)38-23-12-13-25-43(38)55-44/h1-30H. The molecule has 0 radical (unpaired) electrons. The van der Waals surface area contributed by atoms with Crippen LogP contribution >= 0.6 is 0 Å². The van der Waals surface area contributed by atoms with Gasteiger partial charge in [-0.05, 0) is 64.0 Å². The topological polar surface area (TPSA) is 77.8 Å². The maximum absolute atomic E-state index is 6.66. The minimum Gasteiger partial charge on any atom is -0.456 e. The monoisotopic (exact) mass is 718 g/mol.